The summed E-state index contributed by atoms with van der Waals surface area (Å²) in [5.41, 5.74) is 6.88. The highest BCUT2D eigenvalue weighted by Crippen LogP contribution is 2.20. The van der Waals surface area contributed by atoms with Crippen molar-refractivity contribution >= 4 is 11.5 Å². The Bertz CT molecular complexity index is 320. The van der Waals surface area contributed by atoms with Crippen molar-refractivity contribution in [1.82, 2.24) is 4.98 Å². The van der Waals surface area contributed by atoms with Gasteiger partial charge in [-0.05, 0) is 18.6 Å². The van der Waals surface area contributed by atoms with Crippen LogP contribution >= 0.6 is 0 Å². The number of halogens is 2. The number of aryl methyl sites for hydroxylation is 1. The molecule has 0 saturated heterocycles. The molecule has 3 N–H and O–H groups in total. The highest BCUT2D eigenvalue weighted by Gasteiger charge is 2.21. The van der Waals surface area contributed by atoms with Gasteiger partial charge in [0.15, 0.2) is 0 Å². The van der Waals surface area contributed by atoms with Gasteiger partial charge >= 0.3 is 0 Å². The summed E-state index contributed by atoms with van der Waals surface area (Å²) >= 11 is 0. The van der Waals surface area contributed by atoms with Crippen LogP contribution in [0.15, 0.2) is 12.3 Å². The van der Waals surface area contributed by atoms with Crippen molar-refractivity contribution in [2.45, 2.75) is 19.8 Å². The molecular formula is C9H13F2N3. The predicted octanol–water partition coefficient (Wildman–Crippen LogP) is 2.04. The maximum atomic E-state index is 12.5. The molecule has 1 aromatic rings. The number of aromatic nitrogens is 1. The van der Waals surface area contributed by atoms with E-state index in [0.29, 0.717) is 11.5 Å². The summed E-state index contributed by atoms with van der Waals surface area (Å²) in [6.07, 6.45) is 1.53. The highest BCUT2D eigenvalue weighted by molar-refractivity contribution is 5.64. The summed E-state index contributed by atoms with van der Waals surface area (Å²) in [6.45, 7) is 2.17. The van der Waals surface area contributed by atoms with Gasteiger partial charge in [-0.25, -0.2) is 13.8 Å². The van der Waals surface area contributed by atoms with Gasteiger partial charge in [0, 0.05) is 13.1 Å². The number of nitrogens with two attached hydrogens (primary N) is 1. The van der Waals surface area contributed by atoms with Crippen LogP contribution in [0.1, 0.15) is 12.5 Å². The Balaban J connectivity index is 2.73. The zero-order valence-corrected chi connectivity index (χ0v) is 8.14. The second kappa shape index (κ2) is 3.77. The van der Waals surface area contributed by atoms with Crippen LogP contribution in [0.2, 0.25) is 0 Å². The van der Waals surface area contributed by atoms with E-state index in [-0.39, 0.29) is 0 Å². The van der Waals surface area contributed by atoms with E-state index >= 15 is 0 Å². The molecule has 0 spiro atoms. The Hall–Kier alpha value is -1.39. The minimum Gasteiger partial charge on any atom is -0.396 e. The Kier molecular flexibility index (Phi) is 2.88. The fraction of sp³-hybridized carbons (Fsp3) is 0.444. The first-order valence-corrected chi connectivity index (χ1v) is 4.23. The Morgan fingerprint density at radius 3 is 2.79 bits per heavy atom. The number of alkyl halides is 2. The average molecular weight is 201 g/mol. The zero-order chi connectivity index (χ0) is 10.8. The van der Waals surface area contributed by atoms with E-state index in [0.717, 1.165) is 12.5 Å². The van der Waals surface area contributed by atoms with Gasteiger partial charge in [0.2, 0.25) is 0 Å². The molecule has 1 aromatic heterocycles. The number of nitrogen functional groups attached to an aromatic ring is 1. The molecule has 0 fully saturated rings. The van der Waals surface area contributed by atoms with Crippen LogP contribution in [0, 0.1) is 6.92 Å². The monoisotopic (exact) mass is 201 g/mol. The van der Waals surface area contributed by atoms with Crippen molar-refractivity contribution in [3.8, 4) is 0 Å². The molecule has 0 aliphatic heterocycles. The SMILES string of the molecule is Cc1ccnc(NCC(C)(F)F)c1N. The van der Waals surface area contributed by atoms with Gasteiger partial charge in [-0.3, -0.25) is 0 Å². The van der Waals surface area contributed by atoms with Gasteiger partial charge in [0.25, 0.3) is 5.92 Å². The highest BCUT2D eigenvalue weighted by atomic mass is 19.3. The maximum Gasteiger partial charge on any atom is 0.262 e. The van der Waals surface area contributed by atoms with Crippen LogP contribution in [0.25, 0.3) is 0 Å². The van der Waals surface area contributed by atoms with Crippen molar-refractivity contribution in [1.29, 1.82) is 0 Å². The molecule has 14 heavy (non-hydrogen) atoms. The minimum absolute atomic E-state index is 0.312. The Morgan fingerprint density at radius 1 is 1.57 bits per heavy atom. The lowest BCUT2D eigenvalue weighted by atomic mass is 10.2. The van der Waals surface area contributed by atoms with Crippen LogP contribution in [0.5, 0.6) is 0 Å². The van der Waals surface area contributed by atoms with Crippen LogP contribution in [0.4, 0.5) is 20.3 Å². The van der Waals surface area contributed by atoms with Crippen LogP contribution in [-0.2, 0) is 0 Å². The fourth-order valence-corrected chi connectivity index (χ4v) is 0.949. The number of hydrogen-bond acceptors (Lipinski definition) is 3. The summed E-state index contributed by atoms with van der Waals surface area (Å²) in [5.74, 6) is -2.45. The maximum absolute atomic E-state index is 12.5. The number of nitrogens with zero attached hydrogens (tertiary/aromatic N) is 1. The Morgan fingerprint density at radius 2 is 2.21 bits per heavy atom. The van der Waals surface area contributed by atoms with Crippen LogP contribution < -0.4 is 11.1 Å². The molecule has 0 bridgehead atoms. The van der Waals surface area contributed by atoms with E-state index in [9.17, 15) is 8.78 Å². The van der Waals surface area contributed by atoms with Gasteiger partial charge in [-0.1, -0.05) is 0 Å². The van der Waals surface area contributed by atoms with E-state index < -0.39 is 12.5 Å². The zero-order valence-electron chi connectivity index (χ0n) is 8.14. The largest absolute Gasteiger partial charge is 0.396 e. The van der Waals surface area contributed by atoms with Gasteiger partial charge in [0.05, 0.1) is 12.2 Å². The molecule has 5 heteroatoms. The molecular weight excluding hydrogens is 188 g/mol. The minimum atomic E-state index is -2.77. The van der Waals surface area contributed by atoms with Gasteiger partial charge < -0.3 is 11.1 Å². The van der Waals surface area contributed by atoms with Gasteiger partial charge in [0.1, 0.15) is 5.82 Å². The summed E-state index contributed by atoms with van der Waals surface area (Å²) in [5, 5.41) is 2.51. The fourth-order valence-electron chi connectivity index (χ4n) is 0.949. The lowest BCUT2D eigenvalue weighted by Gasteiger charge is -2.13. The molecule has 1 heterocycles. The summed E-state index contributed by atoms with van der Waals surface area (Å²) in [6, 6.07) is 1.73. The van der Waals surface area contributed by atoms with Crippen molar-refractivity contribution < 1.29 is 8.78 Å². The molecule has 78 valence electrons. The first kappa shape index (κ1) is 10.7. The molecule has 0 unspecified atom stereocenters. The van der Waals surface area contributed by atoms with Gasteiger partial charge in [-0.2, -0.15) is 0 Å². The van der Waals surface area contributed by atoms with Crippen molar-refractivity contribution in [2.75, 3.05) is 17.6 Å². The third-order valence-corrected chi connectivity index (χ3v) is 1.77. The van der Waals surface area contributed by atoms with Crippen LogP contribution in [0.3, 0.4) is 0 Å². The standard InChI is InChI=1S/C9H13F2N3/c1-6-3-4-13-8(7(6)12)14-5-9(2,10)11/h3-4H,5,12H2,1-2H3,(H,13,14). The second-order valence-corrected chi connectivity index (χ2v) is 3.31. The number of hydrogen-bond donors (Lipinski definition) is 2. The summed E-state index contributed by atoms with van der Waals surface area (Å²) in [4.78, 5) is 3.87. The van der Waals surface area contributed by atoms with E-state index in [2.05, 4.69) is 10.3 Å². The van der Waals surface area contributed by atoms with E-state index in [1.165, 1.54) is 6.20 Å². The molecule has 3 nitrogen and oxygen atoms in total. The summed E-state index contributed by atoms with van der Waals surface area (Å²) in [7, 11) is 0. The average Bonchev–Trinajstić information content (AvgIpc) is 2.06. The van der Waals surface area contributed by atoms with E-state index in [1.54, 1.807) is 13.0 Å². The molecule has 1 rings (SSSR count). The molecule has 0 radical (unpaired) electrons. The molecule has 0 amide bonds. The number of nitrogens with one attached hydrogen (secondary N) is 1. The lowest BCUT2D eigenvalue weighted by Crippen LogP contribution is -2.23. The van der Waals surface area contributed by atoms with Gasteiger partial charge in [-0.15, -0.1) is 0 Å². The number of anilines is 2. The summed E-state index contributed by atoms with van der Waals surface area (Å²) < 4.78 is 25.0. The van der Waals surface area contributed by atoms with Crippen molar-refractivity contribution in [3.05, 3.63) is 17.8 Å². The molecule has 0 aliphatic carbocycles. The third-order valence-electron chi connectivity index (χ3n) is 1.77. The van der Waals surface area contributed by atoms with Crippen molar-refractivity contribution in [3.63, 3.8) is 0 Å². The predicted molar refractivity (Wildman–Crippen MR) is 52.5 cm³/mol. The first-order valence-electron chi connectivity index (χ1n) is 4.23. The number of rotatable bonds is 3. The normalized spacial score (nSPS) is 11.4. The van der Waals surface area contributed by atoms with Crippen LogP contribution in [-0.4, -0.2) is 17.5 Å². The third kappa shape index (κ3) is 2.83. The van der Waals surface area contributed by atoms with E-state index in [1.807, 2.05) is 0 Å². The first-order chi connectivity index (χ1) is 6.40. The molecule has 0 aliphatic rings. The van der Waals surface area contributed by atoms with E-state index in [4.69, 9.17) is 5.73 Å². The Labute approximate surface area is 81.3 Å². The topological polar surface area (TPSA) is 50.9 Å². The second-order valence-electron chi connectivity index (χ2n) is 3.31. The molecule has 0 atom stereocenters. The van der Waals surface area contributed by atoms with Crippen molar-refractivity contribution in [2.24, 2.45) is 0 Å². The molecule has 0 aromatic carbocycles. The number of pyridine rings is 1. The molecule has 0 saturated carbocycles. The quantitative estimate of drug-likeness (QED) is 0.786. The lowest BCUT2D eigenvalue weighted by molar-refractivity contribution is 0.0367. The smallest absolute Gasteiger partial charge is 0.262 e.